The number of urea groups is 1. The lowest BCUT2D eigenvalue weighted by Crippen LogP contribution is -2.54. The van der Waals surface area contributed by atoms with Crippen molar-refractivity contribution in [3.8, 4) is 17.2 Å². The van der Waals surface area contributed by atoms with Crippen molar-refractivity contribution in [1.29, 1.82) is 0 Å². The van der Waals surface area contributed by atoms with E-state index in [0.29, 0.717) is 35.4 Å². The number of methoxy groups -OCH3 is 2. The number of thiazole rings is 1. The van der Waals surface area contributed by atoms with Gasteiger partial charge in [-0.1, -0.05) is 38.8 Å². The minimum absolute atomic E-state index is 0.197. The van der Waals surface area contributed by atoms with Crippen LogP contribution in [0.4, 0.5) is 10.5 Å². The number of hydrogen-bond donors (Lipinski definition) is 3. The van der Waals surface area contributed by atoms with Crippen LogP contribution in [-0.4, -0.2) is 43.2 Å². The Kier molecular flexibility index (Phi) is 9.64. The van der Waals surface area contributed by atoms with Crippen molar-refractivity contribution in [2.45, 2.75) is 64.1 Å². The molecule has 1 aromatic heterocycles. The molecule has 3 aromatic rings. The van der Waals surface area contributed by atoms with E-state index in [1.165, 1.54) is 16.9 Å². The van der Waals surface area contributed by atoms with Crippen LogP contribution in [0.1, 0.15) is 66.5 Å². The van der Waals surface area contributed by atoms with Crippen LogP contribution >= 0.6 is 11.3 Å². The first-order chi connectivity index (χ1) is 18.8. The highest BCUT2D eigenvalue weighted by atomic mass is 32.1. The van der Waals surface area contributed by atoms with Crippen LogP contribution in [0.15, 0.2) is 47.8 Å². The van der Waals surface area contributed by atoms with E-state index in [-0.39, 0.29) is 24.0 Å². The molecule has 9 nitrogen and oxygen atoms in total. The van der Waals surface area contributed by atoms with Crippen LogP contribution in [0, 0.1) is 0 Å². The third-order valence-corrected chi connectivity index (χ3v) is 7.52. The molecule has 0 spiro atoms. The molecular weight excluding hydrogens is 516 g/mol. The quantitative estimate of drug-likeness (QED) is 0.296. The number of benzene rings is 2. The number of ether oxygens (including phenoxy) is 3. The molecule has 1 fully saturated rings. The van der Waals surface area contributed by atoms with E-state index in [2.05, 4.69) is 46.9 Å². The number of nitrogens with one attached hydrogen (secondary N) is 3. The number of rotatable bonds is 10. The van der Waals surface area contributed by atoms with Crippen LogP contribution in [-0.2, 0) is 6.61 Å². The summed E-state index contributed by atoms with van der Waals surface area (Å²) in [5, 5.41) is 11.4. The fourth-order valence-corrected chi connectivity index (χ4v) is 5.19. The lowest BCUT2D eigenvalue weighted by molar-refractivity contribution is 0.0911. The normalized spacial score (nSPS) is 16.8. The highest BCUT2D eigenvalue weighted by Gasteiger charge is 2.29. The summed E-state index contributed by atoms with van der Waals surface area (Å²) in [5.41, 5.74) is 2.16. The topological polar surface area (TPSA) is 111 Å². The fourth-order valence-electron chi connectivity index (χ4n) is 4.51. The van der Waals surface area contributed by atoms with Crippen LogP contribution in [0.5, 0.6) is 17.2 Å². The van der Waals surface area contributed by atoms with Gasteiger partial charge in [0.15, 0.2) is 0 Å². The first kappa shape index (κ1) is 28.2. The summed E-state index contributed by atoms with van der Waals surface area (Å²) in [4.78, 5) is 30.3. The molecule has 39 heavy (non-hydrogen) atoms. The molecule has 1 aliphatic rings. The molecule has 1 saturated carbocycles. The number of hydrogen-bond acceptors (Lipinski definition) is 7. The zero-order valence-corrected chi connectivity index (χ0v) is 23.6. The maximum Gasteiger partial charge on any atom is 0.319 e. The van der Waals surface area contributed by atoms with E-state index in [4.69, 9.17) is 14.2 Å². The van der Waals surface area contributed by atoms with Crippen LogP contribution < -0.4 is 30.2 Å². The number of anilines is 1. The van der Waals surface area contributed by atoms with Gasteiger partial charge in [0, 0.05) is 35.3 Å². The van der Waals surface area contributed by atoms with Crippen molar-refractivity contribution in [2.24, 2.45) is 0 Å². The Morgan fingerprint density at radius 2 is 1.59 bits per heavy atom. The molecule has 3 amide bonds. The van der Waals surface area contributed by atoms with Gasteiger partial charge in [-0.3, -0.25) is 4.79 Å². The van der Waals surface area contributed by atoms with Gasteiger partial charge in [0.2, 0.25) is 0 Å². The highest BCUT2D eigenvalue weighted by molar-refractivity contribution is 7.09. The Labute approximate surface area is 233 Å². The molecule has 0 bridgehead atoms. The molecule has 3 N–H and O–H groups in total. The summed E-state index contributed by atoms with van der Waals surface area (Å²) < 4.78 is 16.4. The Balaban J connectivity index is 1.31. The SMILES string of the molecule is COc1cc(NC(=O)N[C@@H]2CCCC[C@@H]2NC(=O)c2csc(COc3ccc(C(C)C)cc3)n2)cc(OC)c1. The van der Waals surface area contributed by atoms with Crippen molar-refractivity contribution in [2.75, 3.05) is 19.5 Å². The van der Waals surface area contributed by atoms with Gasteiger partial charge in [-0.25, -0.2) is 9.78 Å². The van der Waals surface area contributed by atoms with Gasteiger partial charge in [0.25, 0.3) is 5.91 Å². The number of carbonyl (C=O) groups excluding carboxylic acids is 2. The van der Waals surface area contributed by atoms with Crippen LogP contribution in [0.25, 0.3) is 0 Å². The molecule has 208 valence electrons. The molecule has 10 heteroatoms. The Morgan fingerprint density at radius 1 is 0.949 bits per heavy atom. The van der Waals surface area contributed by atoms with E-state index < -0.39 is 0 Å². The average molecular weight is 553 g/mol. The van der Waals surface area contributed by atoms with Gasteiger partial charge in [-0.05, 0) is 36.5 Å². The van der Waals surface area contributed by atoms with E-state index >= 15 is 0 Å². The molecule has 1 aliphatic carbocycles. The summed E-state index contributed by atoms with van der Waals surface area (Å²) >= 11 is 1.39. The van der Waals surface area contributed by atoms with E-state index in [1.54, 1.807) is 37.8 Å². The van der Waals surface area contributed by atoms with E-state index in [0.717, 1.165) is 36.4 Å². The van der Waals surface area contributed by atoms with Gasteiger partial charge in [0.1, 0.15) is 34.6 Å². The first-order valence-corrected chi connectivity index (χ1v) is 14.0. The number of carbonyl (C=O) groups is 2. The zero-order chi connectivity index (χ0) is 27.8. The summed E-state index contributed by atoms with van der Waals surface area (Å²) in [6.45, 7) is 4.60. The van der Waals surface area contributed by atoms with Crippen LogP contribution in [0.3, 0.4) is 0 Å². The Bertz CT molecular complexity index is 1240. The standard InChI is InChI=1S/C29H36N4O5S/c1-18(2)19-9-11-21(12-10-19)38-16-27-31-26(17-39-27)28(34)32-24-7-5-6-8-25(24)33-29(35)30-20-13-22(36-3)15-23(14-20)37-4/h9-15,17-18,24-25H,5-8,16H2,1-4H3,(H,32,34)(H2,30,33,35)/t24-,25+/m0/s1. The van der Waals surface area contributed by atoms with Gasteiger partial charge in [-0.2, -0.15) is 0 Å². The summed E-state index contributed by atoms with van der Waals surface area (Å²) in [6, 6.07) is 12.4. The second-order valence-electron chi connectivity index (χ2n) is 9.81. The minimum Gasteiger partial charge on any atom is -0.497 e. The molecular formula is C29H36N4O5S. The predicted molar refractivity (Wildman–Crippen MR) is 152 cm³/mol. The molecule has 0 radical (unpaired) electrons. The second-order valence-corrected chi connectivity index (χ2v) is 10.8. The Hall–Kier alpha value is -3.79. The molecule has 0 unspecified atom stereocenters. The van der Waals surface area contributed by atoms with Gasteiger partial charge in [0.05, 0.1) is 20.3 Å². The van der Waals surface area contributed by atoms with Crippen molar-refractivity contribution in [1.82, 2.24) is 15.6 Å². The number of aromatic nitrogens is 1. The Morgan fingerprint density at radius 3 is 2.21 bits per heavy atom. The maximum atomic E-state index is 13.0. The zero-order valence-electron chi connectivity index (χ0n) is 22.8. The molecule has 4 rings (SSSR count). The predicted octanol–water partition coefficient (Wildman–Crippen LogP) is 5.73. The third-order valence-electron chi connectivity index (χ3n) is 6.70. The van der Waals surface area contributed by atoms with Crippen molar-refractivity contribution in [3.05, 3.63) is 64.1 Å². The molecule has 0 saturated heterocycles. The van der Waals surface area contributed by atoms with Gasteiger partial charge < -0.3 is 30.2 Å². The van der Waals surface area contributed by atoms with Gasteiger partial charge in [-0.15, -0.1) is 11.3 Å². The fraction of sp³-hybridized carbons (Fsp3) is 0.414. The lowest BCUT2D eigenvalue weighted by atomic mass is 9.90. The summed E-state index contributed by atoms with van der Waals surface area (Å²) in [5.74, 6) is 2.12. The average Bonchev–Trinajstić information content (AvgIpc) is 3.42. The minimum atomic E-state index is -0.356. The van der Waals surface area contributed by atoms with Crippen LogP contribution in [0.2, 0.25) is 0 Å². The third kappa shape index (κ3) is 7.86. The maximum absolute atomic E-state index is 13.0. The number of nitrogens with zero attached hydrogens (tertiary/aromatic N) is 1. The highest BCUT2D eigenvalue weighted by Crippen LogP contribution is 2.26. The second kappa shape index (κ2) is 13.3. The van der Waals surface area contributed by atoms with E-state index in [9.17, 15) is 9.59 Å². The largest absolute Gasteiger partial charge is 0.497 e. The van der Waals surface area contributed by atoms with Gasteiger partial charge >= 0.3 is 6.03 Å². The van der Waals surface area contributed by atoms with Crippen molar-refractivity contribution >= 4 is 29.0 Å². The van der Waals surface area contributed by atoms with E-state index in [1.807, 2.05) is 12.1 Å². The molecule has 2 aromatic carbocycles. The lowest BCUT2D eigenvalue weighted by Gasteiger charge is -2.32. The molecule has 2 atom stereocenters. The summed E-state index contributed by atoms with van der Waals surface area (Å²) in [7, 11) is 3.11. The number of amides is 3. The summed E-state index contributed by atoms with van der Waals surface area (Å²) in [6.07, 6.45) is 3.49. The van der Waals surface area contributed by atoms with Crippen molar-refractivity contribution in [3.63, 3.8) is 0 Å². The smallest absolute Gasteiger partial charge is 0.319 e. The molecule has 0 aliphatic heterocycles. The monoisotopic (exact) mass is 552 g/mol. The molecule has 1 heterocycles. The van der Waals surface area contributed by atoms with Crippen molar-refractivity contribution < 1.29 is 23.8 Å². The first-order valence-electron chi connectivity index (χ1n) is 13.1.